The van der Waals surface area contributed by atoms with E-state index in [1.807, 2.05) is 13.0 Å². The fourth-order valence-corrected chi connectivity index (χ4v) is 2.59. The molecule has 0 amide bonds. The fraction of sp³-hybridized carbons (Fsp3) is 0.200. The Morgan fingerprint density at radius 2 is 1.83 bits per heavy atom. The Morgan fingerprint density at radius 3 is 2.44 bits per heavy atom. The molecule has 18 heavy (non-hydrogen) atoms. The van der Waals surface area contributed by atoms with E-state index in [-0.39, 0.29) is 11.2 Å². The number of hydrogen-bond donors (Lipinski definition) is 0. The minimum Gasteiger partial charge on any atom is -0.207 e. The van der Waals surface area contributed by atoms with Crippen molar-refractivity contribution in [2.45, 2.75) is 18.7 Å². The summed E-state index contributed by atoms with van der Waals surface area (Å²) in [5.74, 6) is -0.270. The summed E-state index contributed by atoms with van der Waals surface area (Å²) in [6.45, 7) is 2.05. The van der Waals surface area contributed by atoms with Gasteiger partial charge in [-0.15, -0.1) is 11.6 Å². The molecule has 2 aromatic rings. The Bertz CT molecular complexity index is 516. The van der Waals surface area contributed by atoms with E-state index in [4.69, 9.17) is 11.6 Å². The highest BCUT2D eigenvalue weighted by Crippen LogP contribution is 2.28. The summed E-state index contributed by atoms with van der Waals surface area (Å²) in [5.41, 5.74) is 3.17. The van der Waals surface area contributed by atoms with Crippen molar-refractivity contribution in [1.82, 2.24) is 0 Å². The standard InChI is InChI=1S/C15H13BrClF/c1-10-2-4-11(5-3-10)6-15(17)12-7-13(16)9-14(18)8-12/h2-5,7-9,15H,6H2,1H3. The normalized spacial score (nSPS) is 12.4. The lowest BCUT2D eigenvalue weighted by Gasteiger charge is -2.11. The van der Waals surface area contributed by atoms with Gasteiger partial charge in [-0.25, -0.2) is 4.39 Å². The molecule has 0 aliphatic rings. The first-order valence-electron chi connectivity index (χ1n) is 5.70. The number of halogens is 3. The molecule has 0 saturated heterocycles. The highest BCUT2D eigenvalue weighted by Gasteiger charge is 2.11. The van der Waals surface area contributed by atoms with Crippen LogP contribution in [0.25, 0.3) is 0 Å². The first-order valence-corrected chi connectivity index (χ1v) is 6.93. The van der Waals surface area contributed by atoms with Gasteiger partial charge >= 0.3 is 0 Å². The molecule has 0 aliphatic heterocycles. The van der Waals surface area contributed by atoms with Crippen molar-refractivity contribution in [3.63, 3.8) is 0 Å². The predicted molar refractivity (Wildman–Crippen MR) is 77.6 cm³/mol. The number of aryl methyl sites for hydroxylation is 1. The van der Waals surface area contributed by atoms with Crippen LogP contribution in [0.4, 0.5) is 4.39 Å². The summed E-state index contributed by atoms with van der Waals surface area (Å²) >= 11 is 9.61. The summed E-state index contributed by atoms with van der Waals surface area (Å²) < 4.78 is 14.0. The van der Waals surface area contributed by atoms with Crippen LogP contribution >= 0.6 is 27.5 Å². The Hall–Kier alpha value is -0.860. The number of hydrogen-bond acceptors (Lipinski definition) is 0. The lowest BCUT2D eigenvalue weighted by atomic mass is 10.0. The average molecular weight is 328 g/mol. The molecule has 0 fully saturated rings. The molecule has 2 rings (SSSR count). The lowest BCUT2D eigenvalue weighted by Crippen LogP contribution is -1.97. The average Bonchev–Trinajstić information content (AvgIpc) is 2.31. The van der Waals surface area contributed by atoms with Gasteiger partial charge in [0.05, 0.1) is 5.38 Å². The second-order valence-electron chi connectivity index (χ2n) is 4.36. The number of alkyl halides is 1. The molecule has 94 valence electrons. The van der Waals surface area contributed by atoms with E-state index in [1.54, 1.807) is 0 Å². The zero-order chi connectivity index (χ0) is 13.1. The maximum absolute atomic E-state index is 13.3. The van der Waals surface area contributed by atoms with Gasteiger partial charge in [-0.1, -0.05) is 45.8 Å². The summed E-state index contributed by atoms with van der Waals surface area (Å²) in [6, 6.07) is 13.0. The van der Waals surface area contributed by atoms with E-state index in [2.05, 4.69) is 40.2 Å². The van der Waals surface area contributed by atoms with Gasteiger partial charge in [-0.05, 0) is 42.7 Å². The third-order valence-corrected chi connectivity index (χ3v) is 3.65. The van der Waals surface area contributed by atoms with Gasteiger partial charge < -0.3 is 0 Å². The van der Waals surface area contributed by atoms with Crippen LogP contribution in [0.15, 0.2) is 46.9 Å². The summed E-state index contributed by atoms with van der Waals surface area (Å²) in [5, 5.41) is -0.222. The van der Waals surface area contributed by atoms with Crippen LogP contribution in [0.3, 0.4) is 0 Å². The van der Waals surface area contributed by atoms with E-state index in [0.29, 0.717) is 10.9 Å². The molecular weight excluding hydrogens is 315 g/mol. The molecule has 0 radical (unpaired) electrons. The van der Waals surface area contributed by atoms with Crippen LogP contribution in [-0.4, -0.2) is 0 Å². The summed E-state index contributed by atoms with van der Waals surface area (Å²) in [4.78, 5) is 0. The van der Waals surface area contributed by atoms with Crippen molar-refractivity contribution in [2.24, 2.45) is 0 Å². The molecule has 0 saturated carbocycles. The Balaban J connectivity index is 2.16. The van der Waals surface area contributed by atoms with Crippen molar-refractivity contribution in [2.75, 3.05) is 0 Å². The minimum absolute atomic E-state index is 0.222. The van der Waals surface area contributed by atoms with Crippen LogP contribution < -0.4 is 0 Å². The minimum atomic E-state index is -0.270. The quantitative estimate of drug-likeness (QED) is 0.660. The molecule has 3 heteroatoms. The molecule has 0 heterocycles. The van der Waals surface area contributed by atoms with Crippen molar-refractivity contribution in [3.8, 4) is 0 Å². The topological polar surface area (TPSA) is 0 Å². The molecule has 1 unspecified atom stereocenters. The van der Waals surface area contributed by atoms with Gasteiger partial charge in [0.1, 0.15) is 5.82 Å². The van der Waals surface area contributed by atoms with Crippen LogP contribution in [0, 0.1) is 12.7 Å². The molecule has 2 aromatic carbocycles. The molecular formula is C15H13BrClF. The number of benzene rings is 2. The van der Waals surface area contributed by atoms with Crippen molar-refractivity contribution >= 4 is 27.5 Å². The van der Waals surface area contributed by atoms with Crippen molar-refractivity contribution in [1.29, 1.82) is 0 Å². The van der Waals surface area contributed by atoms with Gasteiger partial charge in [0.2, 0.25) is 0 Å². The molecule has 0 N–H and O–H groups in total. The molecule has 0 nitrogen and oxygen atoms in total. The van der Waals surface area contributed by atoms with E-state index in [1.165, 1.54) is 17.7 Å². The van der Waals surface area contributed by atoms with E-state index >= 15 is 0 Å². The molecule has 0 bridgehead atoms. The summed E-state index contributed by atoms with van der Waals surface area (Å²) in [7, 11) is 0. The van der Waals surface area contributed by atoms with Crippen molar-refractivity contribution in [3.05, 3.63) is 69.4 Å². The van der Waals surface area contributed by atoms with Crippen LogP contribution in [0.1, 0.15) is 22.1 Å². The zero-order valence-corrected chi connectivity index (χ0v) is 12.3. The third-order valence-electron chi connectivity index (χ3n) is 2.78. The van der Waals surface area contributed by atoms with Gasteiger partial charge in [-0.2, -0.15) is 0 Å². The maximum Gasteiger partial charge on any atom is 0.124 e. The first kappa shape index (κ1) is 13.6. The van der Waals surface area contributed by atoms with Gasteiger partial charge in [0.15, 0.2) is 0 Å². The van der Waals surface area contributed by atoms with Crippen LogP contribution in [-0.2, 0) is 6.42 Å². The molecule has 0 aromatic heterocycles. The fourth-order valence-electron chi connectivity index (χ4n) is 1.80. The highest BCUT2D eigenvalue weighted by molar-refractivity contribution is 9.10. The molecule has 0 spiro atoms. The van der Waals surface area contributed by atoms with Crippen molar-refractivity contribution < 1.29 is 4.39 Å². The van der Waals surface area contributed by atoms with Crippen LogP contribution in [0.5, 0.6) is 0 Å². The zero-order valence-electron chi connectivity index (χ0n) is 9.96. The SMILES string of the molecule is Cc1ccc(CC(Cl)c2cc(F)cc(Br)c2)cc1. The third kappa shape index (κ3) is 3.56. The number of rotatable bonds is 3. The molecule has 0 aliphatic carbocycles. The predicted octanol–water partition coefficient (Wildman–Crippen LogP) is 5.42. The van der Waals surface area contributed by atoms with E-state index < -0.39 is 0 Å². The Labute approximate surface area is 120 Å². The maximum atomic E-state index is 13.3. The van der Waals surface area contributed by atoms with Gasteiger partial charge in [0, 0.05) is 4.47 Å². The first-order chi connectivity index (χ1) is 8.54. The van der Waals surface area contributed by atoms with E-state index in [9.17, 15) is 4.39 Å². The Kier molecular flexibility index (Phi) is 4.41. The lowest BCUT2D eigenvalue weighted by molar-refractivity contribution is 0.623. The second-order valence-corrected chi connectivity index (χ2v) is 5.80. The summed E-state index contributed by atoms with van der Waals surface area (Å²) in [6.07, 6.45) is 0.692. The highest BCUT2D eigenvalue weighted by atomic mass is 79.9. The monoisotopic (exact) mass is 326 g/mol. The van der Waals surface area contributed by atoms with Gasteiger partial charge in [-0.3, -0.25) is 0 Å². The second kappa shape index (κ2) is 5.85. The molecule has 1 atom stereocenters. The largest absolute Gasteiger partial charge is 0.207 e. The van der Waals surface area contributed by atoms with Crippen LogP contribution in [0.2, 0.25) is 0 Å². The van der Waals surface area contributed by atoms with Gasteiger partial charge in [0.25, 0.3) is 0 Å². The Morgan fingerprint density at radius 1 is 1.17 bits per heavy atom. The van der Waals surface area contributed by atoms with E-state index in [0.717, 1.165) is 11.1 Å². The smallest absolute Gasteiger partial charge is 0.124 e.